The number of fused-ring (bicyclic) bond motifs is 1. The van der Waals surface area contributed by atoms with Crippen molar-refractivity contribution >= 4 is 11.6 Å². The highest BCUT2D eigenvalue weighted by atomic mass is 35.5. The molecular formula is C17H25ClN2O. The highest BCUT2D eigenvalue weighted by Gasteiger charge is 2.22. The van der Waals surface area contributed by atoms with E-state index >= 15 is 0 Å². The van der Waals surface area contributed by atoms with Gasteiger partial charge in [0.1, 0.15) is 5.75 Å². The monoisotopic (exact) mass is 308 g/mol. The van der Waals surface area contributed by atoms with Crippen LogP contribution < -0.4 is 10.1 Å². The van der Waals surface area contributed by atoms with Gasteiger partial charge in [-0.3, -0.25) is 4.90 Å². The maximum Gasteiger partial charge on any atom is 0.127 e. The van der Waals surface area contributed by atoms with Crippen LogP contribution in [0.15, 0.2) is 12.1 Å². The minimum Gasteiger partial charge on any atom is -0.493 e. The summed E-state index contributed by atoms with van der Waals surface area (Å²) in [5, 5.41) is 4.50. The summed E-state index contributed by atoms with van der Waals surface area (Å²) in [6, 6.07) is 4.75. The fourth-order valence-electron chi connectivity index (χ4n) is 3.47. The van der Waals surface area contributed by atoms with Crippen LogP contribution in [0.3, 0.4) is 0 Å². The SMILES string of the molecule is CCCC1CN(Cc2cc(Cl)cc3c2OCC3)CCCN1. The fraction of sp³-hybridized carbons (Fsp3) is 0.647. The first kappa shape index (κ1) is 15.1. The minimum absolute atomic E-state index is 0.616. The van der Waals surface area contributed by atoms with E-state index in [1.54, 1.807) is 0 Å². The number of hydrogen-bond donors (Lipinski definition) is 1. The Balaban J connectivity index is 1.73. The van der Waals surface area contributed by atoms with Gasteiger partial charge in [0, 0.05) is 36.1 Å². The molecule has 1 fully saturated rings. The normalized spacial score (nSPS) is 22.7. The molecule has 0 saturated carbocycles. The second kappa shape index (κ2) is 6.99. The van der Waals surface area contributed by atoms with Crippen LogP contribution in [-0.2, 0) is 13.0 Å². The van der Waals surface area contributed by atoms with Crippen molar-refractivity contribution in [1.29, 1.82) is 0 Å². The average Bonchev–Trinajstić information content (AvgIpc) is 2.81. The van der Waals surface area contributed by atoms with Gasteiger partial charge in [0.2, 0.25) is 0 Å². The van der Waals surface area contributed by atoms with Crippen LogP contribution in [0.5, 0.6) is 5.75 Å². The van der Waals surface area contributed by atoms with Crippen molar-refractivity contribution < 1.29 is 4.74 Å². The number of benzene rings is 1. The molecule has 0 amide bonds. The zero-order valence-electron chi connectivity index (χ0n) is 12.8. The average molecular weight is 309 g/mol. The molecule has 3 nitrogen and oxygen atoms in total. The van der Waals surface area contributed by atoms with E-state index < -0.39 is 0 Å². The summed E-state index contributed by atoms with van der Waals surface area (Å²) in [5.74, 6) is 1.09. The Morgan fingerprint density at radius 2 is 2.33 bits per heavy atom. The van der Waals surface area contributed by atoms with Crippen molar-refractivity contribution in [2.24, 2.45) is 0 Å². The lowest BCUT2D eigenvalue weighted by atomic mass is 10.1. The number of halogens is 1. The molecule has 1 saturated heterocycles. The minimum atomic E-state index is 0.616. The zero-order chi connectivity index (χ0) is 14.7. The van der Waals surface area contributed by atoms with Gasteiger partial charge in [-0.25, -0.2) is 0 Å². The Morgan fingerprint density at radius 1 is 1.43 bits per heavy atom. The van der Waals surface area contributed by atoms with Gasteiger partial charge in [-0.2, -0.15) is 0 Å². The molecular weight excluding hydrogens is 284 g/mol. The summed E-state index contributed by atoms with van der Waals surface area (Å²) >= 11 is 6.27. The smallest absolute Gasteiger partial charge is 0.127 e. The van der Waals surface area contributed by atoms with E-state index in [1.165, 1.54) is 30.4 Å². The summed E-state index contributed by atoms with van der Waals surface area (Å²) in [5.41, 5.74) is 2.53. The molecule has 2 heterocycles. The van der Waals surface area contributed by atoms with Gasteiger partial charge in [-0.05, 0) is 43.6 Å². The molecule has 0 bridgehead atoms. The maximum atomic E-state index is 6.27. The first-order chi connectivity index (χ1) is 10.3. The summed E-state index contributed by atoms with van der Waals surface area (Å²) in [4.78, 5) is 2.55. The van der Waals surface area contributed by atoms with Crippen LogP contribution in [0, 0.1) is 0 Å². The first-order valence-electron chi connectivity index (χ1n) is 8.16. The van der Waals surface area contributed by atoms with Gasteiger partial charge in [0.15, 0.2) is 0 Å². The highest BCUT2D eigenvalue weighted by Crippen LogP contribution is 2.33. The van der Waals surface area contributed by atoms with E-state index in [9.17, 15) is 0 Å². The Morgan fingerprint density at radius 3 is 3.19 bits per heavy atom. The lowest BCUT2D eigenvalue weighted by Crippen LogP contribution is -2.37. The molecule has 21 heavy (non-hydrogen) atoms. The molecule has 0 radical (unpaired) electrons. The van der Waals surface area contributed by atoms with Crippen LogP contribution in [-0.4, -0.2) is 37.2 Å². The molecule has 0 aliphatic carbocycles. The summed E-state index contributed by atoms with van der Waals surface area (Å²) < 4.78 is 5.83. The van der Waals surface area contributed by atoms with Gasteiger partial charge >= 0.3 is 0 Å². The molecule has 0 spiro atoms. The molecule has 2 aliphatic heterocycles. The first-order valence-corrected chi connectivity index (χ1v) is 8.54. The van der Waals surface area contributed by atoms with Crippen molar-refractivity contribution in [2.75, 3.05) is 26.2 Å². The number of hydrogen-bond acceptors (Lipinski definition) is 3. The third kappa shape index (κ3) is 3.71. The molecule has 116 valence electrons. The molecule has 1 aromatic carbocycles. The molecule has 1 unspecified atom stereocenters. The van der Waals surface area contributed by atoms with E-state index in [-0.39, 0.29) is 0 Å². The predicted octanol–water partition coefficient (Wildman–Crippen LogP) is 3.24. The molecule has 3 rings (SSSR count). The number of nitrogens with one attached hydrogen (secondary N) is 1. The van der Waals surface area contributed by atoms with E-state index in [0.29, 0.717) is 6.04 Å². The van der Waals surface area contributed by atoms with Gasteiger partial charge in [-0.1, -0.05) is 24.9 Å². The Hall–Kier alpha value is -0.770. The quantitative estimate of drug-likeness (QED) is 0.924. The molecule has 1 atom stereocenters. The lowest BCUT2D eigenvalue weighted by molar-refractivity contribution is 0.250. The van der Waals surface area contributed by atoms with Crippen LogP contribution in [0.25, 0.3) is 0 Å². The van der Waals surface area contributed by atoms with Gasteiger partial charge in [0.25, 0.3) is 0 Å². The Bertz CT molecular complexity index is 492. The number of ether oxygens (including phenoxy) is 1. The Labute approximate surface area is 132 Å². The lowest BCUT2D eigenvalue weighted by Gasteiger charge is -2.25. The van der Waals surface area contributed by atoms with Crippen LogP contribution in [0.2, 0.25) is 5.02 Å². The second-order valence-corrected chi connectivity index (χ2v) is 6.62. The van der Waals surface area contributed by atoms with Crippen molar-refractivity contribution in [3.8, 4) is 5.75 Å². The molecule has 1 N–H and O–H groups in total. The van der Waals surface area contributed by atoms with E-state index in [2.05, 4.69) is 29.3 Å². The van der Waals surface area contributed by atoms with Gasteiger partial charge in [0.05, 0.1) is 6.61 Å². The fourth-order valence-corrected chi connectivity index (χ4v) is 3.73. The molecule has 0 aromatic heterocycles. The van der Waals surface area contributed by atoms with E-state index in [0.717, 1.165) is 50.0 Å². The van der Waals surface area contributed by atoms with Crippen molar-refractivity contribution in [2.45, 2.75) is 45.2 Å². The van der Waals surface area contributed by atoms with Crippen molar-refractivity contribution in [1.82, 2.24) is 10.2 Å². The summed E-state index contributed by atoms with van der Waals surface area (Å²) in [6.07, 6.45) is 4.69. The van der Waals surface area contributed by atoms with Crippen LogP contribution >= 0.6 is 11.6 Å². The van der Waals surface area contributed by atoms with E-state index in [4.69, 9.17) is 16.3 Å². The highest BCUT2D eigenvalue weighted by molar-refractivity contribution is 6.30. The summed E-state index contributed by atoms with van der Waals surface area (Å²) in [7, 11) is 0. The van der Waals surface area contributed by atoms with Gasteiger partial charge < -0.3 is 10.1 Å². The third-order valence-corrected chi connectivity index (χ3v) is 4.64. The van der Waals surface area contributed by atoms with Crippen LogP contribution in [0.4, 0.5) is 0 Å². The topological polar surface area (TPSA) is 24.5 Å². The van der Waals surface area contributed by atoms with Crippen molar-refractivity contribution in [3.05, 3.63) is 28.3 Å². The van der Waals surface area contributed by atoms with E-state index in [1.807, 2.05) is 0 Å². The second-order valence-electron chi connectivity index (χ2n) is 6.18. The summed E-state index contributed by atoms with van der Waals surface area (Å²) in [6.45, 7) is 7.40. The van der Waals surface area contributed by atoms with Crippen molar-refractivity contribution in [3.63, 3.8) is 0 Å². The van der Waals surface area contributed by atoms with Crippen LogP contribution in [0.1, 0.15) is 37.3 Å². The molecule has 2 aliphatic rings. The predicted molar refractivity (Wildman–Crippen MR) is 87.2 cm³/mol. The Kier molecular flexibility index (Phi) is 5.04. The number of rotatable bonds is 4. The standard InChI is InChI=1S/C17H25ClN2O/c1-2-4-16-12-20(7-3-6-19-16)11-14-10-15(18)9-13-5-8-21-17(13)14/h9-10,16,19H,2-8,11-12H2,1H3. The maximum absolute atomic E-state index is 6.27. The zero-order valence-corrected chi connectivity index (χ0v) is 13.6. The number of nitrogens with zero attached hydrogens (tertiary/aromatic N) is 1. The molecule has 4 heteroatoms. The largest absolute Gasteiger partial charge is 0.493 e. The van der Waals surface area contributed by atoms with Gasteiger partial charge in [-0.15, -0.1) is 0 Å². The third-order valence-electron chi connectivity index (χ3n) is 4.42. The molecule has 1 aromatic rings.